The third kappa shape index (κ3) is 10.3. The molecule has 0 aliphatic rings. The summed E-state index contributed by atoms with van der Waals surface area (Å²) in [7, 11) is -2.23. The number of esters is 1. The monoisotopic (exact) mass is 536 g/mol. The van der Waals surface area contributed by atoms with Crippen molar-refractivity contribution >= 4 is 20.1 Å². The molecule has 0 spiro atoms. The quantitative estimate of drug-likeness (QED) is 0.227. The summed E-state index contributed by atoms with van der Waals surface area (Å²) < 4.78 is 18.2. The number of Topliss-reactive ketones (excluding diaryl/α,β-unsaturated/α-hetero) is 1. The summed E-state index contributed by atoms with van der Waals surface area (Å²) in [6.07, 6.45) is -1.81. The van der Waals surface area contributed by atoms with Crippen LogP contribution in [-0.2, 0) is 30.1 Å². The molecule has 0 bridgehead atoms. The summed E-state index contributed by atoms with van der Waals surface area (Å²) in [4.78, 5) is 26.2. The molecule has 0 aromatic heterocycles. The fourth-order valence-electron chi connectivity index (χ4n) is 3.96. The van der Waals surface area contributed by atoms with Crippen LogP contribution in [0.2, 0.25) is 18.1 Å². The number of rotatable bonds is 13. The van der Waals surface area contributed by atoms with Gasteiger partial charge in [0.1, 0.15) is 11.4 Å². The Labute approximate surface area is 226 Å². The predicted octanol–water partition coefficient (Wildman–Crippen LogP) is 6.55. The summed E-state index contributed by atoms with van der Waals surface area (Å²) in [5, 5.41) is 10.9. The van der Waals surface area contributed by atoms with E-state index in [1.807, 2.05) is 37.3 Å². The molecule has 0 amide bonds. The van der Waals surface area contributed by atoms with Gasteiger partial charge in [-0.05, 0) is 44.5 Å². The fraction of sp³-hybridized carbons (Fsp3) is 0.733. The molecule has 0 radical (unpaired) electrons. The van der Waals surface area contributed by atoms with Crippen molar-refractivity contribution < 1.29 is 28.6 Å². The number of ether oxygens (including phenoxy) is 2. The number of ketones is 1. The van der Waals surface area contributed by atoms with Gasteiger partial charge >= 0.3 is 5.97 Å². The van der Waals surface area contributed by atoms with E-state index < -0.39 is 43.4 Å². The summed E-state index contributed by atoms with van der Waals surface area (Å²) in [5.74, 6) is -1.23. The maximum atomic E-state index is 13.8. The van der Waals surface area contributed by atoms with Crippen molar-refractivity contribution in [2.45, 2.75) is 118 Å². The molecule has 6 nitrogen and oxygen atoms in total. The molecule has 4 atom stereocenters. The molecule has 0 fully saturated rings. The van der Waals surface area contributed by atoms with Crippen molar-refractivity contribution in [1.29, 1.82) is 0 Å². The van der Waals surface area contributed by atoms with Gasteiger partial charge in [0.05, 0.1) is 37.3 Å². The number of benzene rings is 1. The first kappa shape index (κ1) is 33.5. The topological polar surface area (TPSA) is 82.1 Å². The average molecular weight is 537 g/mol. The Bertz CT molecular complexity index is 866. The lowest BCUT2D eigenvalue weighted by molar-refractivity contribution is -0.160. The first-order valence-corrected chi connectivity index (χ1v) is 16.3. The molecule has 1 unspecified atom stereocenters. The van der Waals surface area contributed by atoms with Crippen molar-refractivity contribution in [3.8, 4) is 0 Å². The minimum absolute atomic E-state index is 0.0373. The highest BCUT2D eigenvalue weighted by Gasteiger charge is 2.46. The number of carbonyl (C=O) groups is 2. The molecule has 0 heterocycles. The Morgan fingerprint density at radius 2 is 1.49 bits per heavy atom. The highest BCUT2D eigenvalue weighted by Crippen LogP contribution is 2.40. The molecule has 37 heavy (non-hydrogen) atoms. The maximum Gasteiger partial charge on any atom is 0.308 e. The van der Waals surface area contributed by atoms with Crippen LogP contribution in [0.5, 0.6) is 0 Å². The minimum Gasteiger partial charge on any atom is -0.460 e. The fourth-order valence-corrected chi connectivity index (χ4v) is 5.43. The first-order chi connectivity index (χ1) is 16.7. The van der Waals surface area contributed by atoms with Crippen molar-refractivity contribution in [1.82, 2.24) is 0 Å². The molecule has 1 rings (SSSR count). The van der Waals surface area contributed by atoms with Crippen LogP contribution in [0.15, 0.2) is 30.3 Å². The Morgan fingerprint density at radius 1 is 0.946 bits per heavy atom. The molecule has 1 N–H and O–H groups in total. The van der Waals surface area contributed by atoms with Crippen LogP contribution in [0.3, 0.4) is 0 Å². The van der Waals surface area contributed by atoms with E-state index >= 15 is 0 Å². The van der Waals surface area contributed by atoms with E-state index in [1.165, 1.54) is 0 Å². The smallest absolute Gasteiger partial charge is 0.308 e. The Morgan fingerprint density at radius 3 is 1.97 bits per heavy atom. The predicted molar refractivity (Wildman–Crippen MR) is 152 cm³/mol. The van der Waals surface area contributed by atoms with Gasteiger partial charge in [0, 0.05) is 11.8 Å². The number of hydrogen-bond donors (Lipinski definition) is 1. The van der Waals surface area contributed by atoms with Crippen LogP contribution in [0.25, 0.3) is 0 Å². The zero-order valence-electron chi connectivity index (χ0n) is 25.3. The lowest BCUT2D eigenvalue weighted by Crippen LogP contribution is -2.52. The van der Waals surface area contributed by atoms with Gasteiger partial charge < -0.3 is 19.0 Å². The molecule has 0 aliphatic carbocycles. The molecule has 7 heteroatoms. The third-order valence-corrected chi connectivity index (χ3v) is 11.9. The van der Waals surface area contributed by atoms with E-state index in [4.69, 9.17) is 13.9 Å². The number of hydrogen-bond acceptors (Lipinski definition) is 6. The Kier molecular flexibility index (Phi) is 11.8. The first-order valence-electron chi connectivity index (χ1n) is 13.4. The molecule has 1 aromatic carbocycles. The Hall–Kier alpha value is -1.54. The van der Waals surface area contributed by atoms with Gasteiger partial charge in [0.25, 0.3) is 0 Å². The zero-order valence-corrected chi connectivity index (χ0v) is 26.3. The summed E-state index contributed by atoms with van der Waals surface area (Å²) in [6.45, 7) is 24.4. The van der Waals surface area contributed by atoms with E-state index in [0.717, 1.165) is 5.56 Å². The highest BCUT2D eigenvalue weighted by molar-refractivity contribution is 6.74. The van der Waals surface area contributed by atoms with Gasteiger partial charge in [-0.25, -0.2) is 0 Å². The number of carbonyl (C=O) groups excluding carboxylic acids is 2. The van der Waals surface area contributed by atoms with Gasteiger partial charge in [-0.3, -0.25) is 9.59 Å². The molecule has 0 saturated carbocycles. The molecule has 1 aromatic rings. The number of aliphatic hydroxyl groups is 1. The minimum atomic E-state index is -2.23. The van der Waals surface area contributed by atoms with Gasteiger partial charge in [-0.2, -0.15) is 0 Å². The van der Waals surface area contributed by atoms with Crippen molar-refractivity contribution in [3.63, 3.8) is 0 Å². The van der Waals surface area contributed by atoms with Gasteiger partial charge in [-0.15, -0.1) is 0 Å². The SMILES string of the molecule is CC(C(=O)C(C)(C)[C@@H](O)CC(=O)OC(C)(C)C)[C@H](O[Si](C)(C)C(C)(C)C)[C@@H](C)COCc1ccccc1. The van der Waals surface area contributed by atoms with Crippen LogP contribution in [-0.4, -0.2) is 49.6 Å². The third-order valence-electron chi connectivity index (χ3n) is 7.44. The van der Waals surface area contributed by atoms with Crippen molar-refractivity contribution in [3.05, 3.63) is 35.9 Å². The lowest BCUT2D eigenvalue weighted by Gasteiger charge is -2.44. The standard InChI is InChI=1S/C30H52O6Si/c1-21(19-34-20-23-16-14-13-15-17-23)26(36-37(11,12)29(6,7)8)22(2)27(33)30(9,10)24(31)18-25(32)35-28(3,4)5/h13-17,21-22,24,26,31H,18-20H2,1-12H3/t21-,22?,24-,26+/m0/s1. The van der Waals surface area contributed by atoms with Crippen LogP contribution < -0.4 is 0 Å². The normalized spacial score (nSPS) is 16.6. The molecular formula is C30H52O6Si. The van der Waals surface area contributed by atoms with Crippen LogP contribution in [0.4, 0.5) is 0 Å². The molecule has 0 saturated heterocycles. The van der Waals surface area contributed by atoms with Gasteiger partial charge in [0.2, 0.25) is 0 Å². The van der Waals surface area contributed by atoms with E-state index in [0.29, 0.717) is 13.2 Å². The molecular weight excluding hydrogens is 484 g/mol. The summed E-state index contributed by atoms with van der Waals surface area (Å²) in [6, 6.07) is 9.99. The lowest BCUT2D eigenvalue weighted by atomic mass is 9.73. The van der Waals surface area contributed by atoms with Crippen LogP contribution in [0, 0.1) is 17.3 Å². The van der Waals surface area contributed by atoms with Gasteiger partial charge in [-0.1, -0.05) is 78.8 Å². The summed E-state index contributed by atoms with van der Waals surface area (Å²) in [5.41, 5.74) is -0.724. The van der Waals surface area contributed by atoms with Crippen molar-refractivity contribution in [2.24, 2.45) is 17.3 Å². The zero-order chi connectivity index (χ0) is 28.8. The maximum absolute atomic E-state index is 13.8. The van der Waals surface area contributed by atoms with Crippen LogP contribution >= 0.6 is 0 Å². The largest absolute Gasteiger partial charge is 0.460 e. The molecule has 0 aliphatic heterocycles. The summed E-state index contributed by atoms with van der Waals surface area (Å²) >= 11 is 0. The Balaban J connectivity index is 3.09. The second-order valence-electron chi connectivity index (χ2n) is 13.5. The average Bonchev–Trinajstić information content (AvgIpc) is 2.74. The van der Waals surface area contributed by atoms with E-state index in [-0.39, 0.29) is 23.2 Å². The second-order valence-corrected chi connectivity index (χ2v) is 18.3. The van der Waals surface area contributed by atoms with Crippen LogP contribution in [0.1, 0.15) is 81.2 Å². The van der Waals surface area contributed by atoms with E-state index in [2.05, 4.69) is 40.8 Å². The van der Waals surface area contributed by atoms with E-state index in [9.17, 15) is 14.7 Å². The van der Waals surface area contributed by atoms with Crippen molar-refractivity contribution in [2.75, 3.05) is 6.61 Å². The van der Waals surface area contributed by atoms with E-state index in [1.54, 1.807) is 34.6 Å². The number of aliphatic hydroxyl groups excluding tert-OH is 1. The second kappa shape index (κ2) is 13.0. The van der Waals surface area contributed by atoms with Gasteiger partial charge in [0.15, 0.2) is 8.32 Å². The highest BCUT2D eigenvalue weighted by atomic mass is 28.4. The molecule has 212 valence electrons.